The molecule has 2 unspecified atom stereocenters. The second-order valence-electron chi connectivity index (χ2n) is 6.27. The lowest BCUT2D eigenvalue weighted by atomic mass is 10.1. The largest absolute Gasteiger partial charge is 0.497 e. The van der Waals surface area contributed by atoms with Gasteiger partial charge in [-0.1, -0.05) is 26.8 Å². The fourth-order valence-electron chi connectivity index (χ4n) is 3.33. The Morgan fingerprint density at radius 2 is 2.12 bits per heavy atom. The molecular weight excluding hydrogens is 333 g/mol. The van der Waals surface area contributed by atoms with Gasteiger partial charge in [-0.25, -0.2) is 0 Å². The first-order chi connectivity index (χ1) is 12.2. The Morgan fingerprint density at radius 3 is 2.92 bits per heavy atom. The summed E-state index contributed by atoms with van der Waals surface area (Å²) in [5.74, 6) is 0.988. The lowest BCUT2D eigenvalue weighted by Crippen LogP contribution is -2.44. The summed E-state index contributed by atoms with van der Waals surface area (Å²) in [6.07, 6.45) is 8.13. The van der Waals surface area contributed by atoms with E-state index in [9.17, 15) is 4.79 Å². The molecule has 0 bridgehead atoms. The second-order valence-corrected chi connectivity index (χ2v) is 7.69. The van der Waals surface area contributed by atoms with Gasteiger partial charge in [-0.3, -0.25) is 4.79 Å². The minimum atomic E-state index is 0.0542. The van der Waals surface area contributed by atoms with E-state index in [1.807, 2.05) is 35.4 Å². The van der Waals surface area contributed by atoms with E-state index in [1.54, 1.807) is 13.2 Å². The van der Waals surface area contributed by atoms with Gasteiger partial charge in [-0.05, 0) is 29.1 Å². The molecule has 1 aromatic rings. The van der Waals surface area contributed by atoms with Crippen molar-refractivity contribution in [2.45, 2.75) is 5.78 Å². The molecule has 1 amide bonds. The Morgan fingerprint density at radius 1 is 1.28 bits per heavy atom. The maximum Gasteiger partial charge on any atom is 0.252 e. The molecule has 1 N–H and O–H groups in total. The van der Waals surface area contributed by atoms with Crippen LogP contribution in [-0.2, 0) is 4.79 Å². The van der Waals surface area contributed by atoms with Gasteiger partial charge in [-0.2, -0.15) is 0 Å². The van der Waals surface area contributed by atoms with Gasteiger partial charge in [0.15, 0.2) is 0 Å². The van der Waals surface area contributed by atoms with E-state index in [2.05, 4.69) is 22.4 Å². The first-order valence-corrected chi connectivity index (χ1v) is 9.63. The fourth-order valence-corrected chi connectivity index (χ4v) is 4.71. The summed E-state index contributed by atoms with van der Waals surface area (Å²) >= 11 is 0. The smallest absolute Gasteiger partial charge is 0.252 e. The van der Waals surface area contributed by atoms with E-state index in [0.29, 0.717) is 8.58 Å². The van der Waals surface area contributed by atoms with E-state index in [1.165, 1.54) is 0 Å². The zero-order valence-electron chi connectivity index (χ0n) is 14.2. The molecule has 0 aromatic heterocycles. The molecule has 4 rings (SSSR count). The van der Waals surface area contributed by atoms with Gasteiger partial charge in [-0.15, -0.1) is 0 Å². The fraction of sp³-hybridized carbons (Fsp3) is 0.316. The number of hydrogen-bond donors (Lipinski definition) is 1. The highest BCUT2D eigenvalue weighted by molar-refractivity contribution is 7.51. The predicted octanol–water partition coefficient (Wildman–Crippen LogP) is 2.20. The molecule has 1 fully saturated rings. The number of ether oxygens (including phenoxy) is 1. The quantitative estimate of drug-likeness (QED) is 0.845. The highest BCUT2D eigenvalue weighted by atomic mass is 31.1. The average Bonchev–Trinajstić information content (AvgIpc) is 2.68. The summed E-state index contributed by atoms with van der Waals surface area (Å²) in [6, 6.07) is 7.93. The third-order valence-corrected chi connectivity index (χ3v) is 6.22. The van der Waals surface area contributed by atoms with Crippen molar-refractivity contribution in [3.8, 4) is 5.75 Å². The van der Waals surface area contributed by atoms with E-state index in [0.717, 1.165) is 48.5 Å². The van der Waals surface area contributed by atoms with Crippen LogP contribution < -0.4 is 10.1 Å². The Balaban J connectivity index is 1.57. The number of rotatable bonds is 3. The molecule has 6 heteroatoms. The van der Waals surface area contributed by atoms with Crippen molar-refractivity contribution in [2.24, 2.45) is 0 Å². The topological polar surface area (TPSA) is 44.8 Å². The molecule has 1 saturated heterocycles. The first-order valence-electron chi connectivity index (χ1n) is 8.55. The van der Waals surface area contributed by atoms with Gasteiger partial charge >= 0.3 is 0 Å². The van der Waals surface area contributed by atoms with Crippen molar-refractivity contribution in [3.63, 3.8) is 0 Å². The van der Waals surface area contributed by atoms with Crippen LogP contribution in [0.1, 0.15) is 5.56 Å². The van der Waals surface area contributed by atoms with Crippen LogP contribution in [0.25, 0.3) is 5.31 Å². The van der Waals surface area contributed by atoms with Gasteiger partial charge in [0.25, 0.3) is 5.91 Å². The van der Waals surface area contributed by atoms with Gasteiger partial charge in [0.05, 0.1) is 18.6 Å². The van der Waals surface area contributed by atoms with E-state index < -0.39 is 0 Å². The second kappa shape index (κ2) is 7.03. The standard InChI is InChI=1S/C19H22N3O2P/c1-24-16-4-2-3-14(11-16)17-12-18(23)22-13-15(5-6-19(22)25-17)21-9-7-20-8-10-21/h2-6,11-13,19-20,25H,7-10H2,1H3. The summed E-state index contributed by atoms with van der Waals surface area (Å²) in [5, 5.41) is 4.45. The molecule has 25 heavy (non-hydrogen) atoms. The Bertz CT molecular complexity index is 766. The number of nitrogens with one attached hydrogen (secondary N) is 1. The van der Waals surface area contributed by atoms with Crippen LogP contribution in [0.3, 0.4) is 0 Å². The number of hydrogen-bond acceptors (Lipinski definition) is 4. The van der Waals surface area contributed by atoms with Crippen molar-refractivity contribution in [1.82, 2.24) is 15.1 Å². The van der Waals surface area contributed by atoms with Crippen LogP contribution in [0.15, 0.2) is 54.4 Å². The van der Waals surface area contributed by atoms with Crippen molar-refractivity contribution in [3.05, 3.63) is 60.0 Å². The van der Waals surface area contributed by atoms with Crippen LogP contribution in [0.4, 0.5) is 0 Å². The van der Waals surface area contributed by atoms with E-state index in [4.69, 9.17) is 4.74 Å². The normalized spacial score (nSPS) is 24.0. The van der Waals surface area contributed by atoms with E-state index >= 15 is 0 Å². The summed E-state index contributed by atoms with van der Waals surface area (Å²) in [6.45, 7) is 3.94. The van der Waals surface area contributed by atoms with Crippen molar-refractivity contribution < 1.29 is 9.53 Å². The number of benzene rings is 1. The highest BCUT2D eigenvalue weighted by Crippen LogP contribution is 2.45. The molecule has 0 radical (unpaired) electrons. The van der Waals surface area contributed by atoms with Crippen molar-refractivity contribution in [2.75, 3.05) is 33.3 Å². The molecule has 0 saturated carbocycles. The first kappa shape index (κ1) is 16.4. The number of fused-ring (bicyclic) bond motifs is 1. The lowest BCUT2D eigenvalue weighted by molar-refractivity contribution is -0.123. The third-order valence-electron chi connectivity index (χ3n) is 4.71. The summed E-state index contributed by atoms with van der Waals surface area (Å²) in [7, 11) is 2.19. The number of piperazine rings is 1. The Hall–Kier alpha value is -2.10. The molecule has 0 aliphatic carbocycles. The summed E-state index contributed by atoms with van der Waals surface area (Å²) < 4.78 is 5.31. The Kier molecular flexibility index (Phi) is 4.60. The summed E-state index contributed by atoms with van der Waals surface area (Å²) in [5.41, 5.74) is 2.20. The van der Waals surface area contributed by atoms with Gasteiger partial charge in [0, 0.05) is 38.5 Å². The monoisotopic (exact) mass is 355 g/mol. The minimum Gasteiger partial charge on any atom is -0.497 e. The number of amides is 1. The minimum absolute atomic E-state index is 0.0542. The van der Waals surface area contributed by atoms with Crippen molar-refractivity contribution in [1.29, 1.82) is 0 Å². The van der Waals surface area contributed by atoms with E-state index in [-0.39, 0.29) is 11.7 Å². The third kappa shape index (κ3) is 3.35. The Labute approximate surface area is 149 Å². The summed E-state index contributed by atoms with van der Waals surface area (Å²) in [4.78, 5) is 16.9. The molecule has 3 aliphatic rings. The molecule has 3 heterocycles. The molecule has 3 aliphatic heterocycles. The number of allylic oxidation sites excluding steroid dienone is 1. The molecule has 1 aromatic carbocycles. The van der Waals surface area contributed by atoms with Crippen LogP contribution >= 0.6 is 8.58 Å². The number of carbonyl (C=O) groups is 1. The lowest BCUT2D eigenvalue weighted by Gasteiger charge is -2.37. The highest BCUT2D eigenvalue weighted by Gasteiger charge is 2.29. The predicted molar refractivity (Wildman–Crippen MR) is 102 cm³/mol. The molecule has 0 spiro atoms. The SMILES string of the molecule is COc1cccc(C2=CC(=O)N3C=C(N4CCNCC4)C=CC3P2)c1. The van der Waals surface area contributed by atoms with Gasteiger partial charge in [0.2, 0.25) is 0 Å². The maximum atomic E-state index is 12.7. The van der Waals surface area contributed by atoms with Crippen LogP contribution in [0.5, 0.6) is 5.75 Å². The average molecular weight is 355 g/mol. The number of nitrogens with zero attached hydrogens (tertiary/aromatic N) is 2. The molecular formula is C19H22N3O2P. The molecule has 5 nitrogen and oxygen atoms in total. The van der Waals surface area contributed by atoms with Crippen LogP contribution in [0, 0.1) is 0 Å². The van der Waals surface area contributed by atoms with Gasteiger partial charge in [0.1, 0.15) is 5.75 Å². The van der Waals surface area contributed by atoms with Crippen LogP contribution in [-0.4, -0.2) is 54.8 Å². The molecule has 2 atom stereocenters. The van der Waals surface area contributed by atoms with Crippen LogP contribution in [0.2, 0.25) is 0 Å². The maximum absolute atomic E-state index is 12.7. The number of carbonyl (C=O) groups excluding carboxylic acids is 1. The zero-order valence-corrected chi connectivity index (χ0v) is 15.2. The molecule has 130 valence electrons. The number of methoxy groups -OCH3 is 1. The van der Waals surface area contributed by atoms with Gasteiger partial charge < -0.3 is 19.9 Å². The zero-order chi connectivity index (χ0) is 17.2. The van der Waals surface area contributed by atoms with Crippen molar-refractivity contribution >= 4 is 19.8 Å².